The molecule has 2 rings (SSSR count). The lowest BCUT2D eigenvalue weighted by atomic mass is 10.2. The maximum atomic E-state index is 12.8. The van der Waals surface area contributed by atoms with Gasteiger partial charge in [-0.2, -0.15) is 0 Å². The zero-order valence-corrected chi connectivity index (χ0v) is 20.2. The van der Waals surface area contributed by atoms with Crippen LogP contribution < -0.4 is 4.43 Å². The molecular weight excluding hydrogens is 402 g/mol. The second-order valence-electron chi connectivity index (χ2n) is 9.75. The van der Waals surface area contributed by atoms with E-state index >= 15 is 0 Å². The van der Waals surface area contributed by atoms with Crippen molar-refractivity contribution in [2.45, 2.75) is 65.3 Å². The number of esters is 1. The van der Waals surface area contributed by atoms with Gasteiger partial charge in [-0.1, -0.05) is 20.8 Å². The molecule has 0 radical (unpaired) electrons. The summed E-state index contributed by atoms with van der Waals surface area (Å²) in [6, 6.07) is 6.70. The molecule has 30 heavy (non-hydrogen) atoms. The van der Waals surface area contributed by atoms with E-state index in [1.165, 1.54) is 6.07 Å². The minimum Gasteiger partial charge on any atom is -0.543 e. The second-order valence-corrected chi connectivity index (χ2v) is 14.5. The Balaban J connectivity index is 2.61. The first-order chi connectivity index (χ1) is 13.6. The summed E-state index contributed by atoms with van der Waals surface area (Å²) in [4.78, 5) is 37.2. The van der Waals surface area contributed by atoms with E-state index in [2.05, 4.69) is 38.6 Å². The molecule has 8 heteroatoms. The van der Waals surface area contributed by atoms with E-state index in [1.54, 1.807) is 39.0 Å². The van der Waals surface area contributed by atoms with Crippen molar-refractivity contribution < 1.29 is 28.3 Å². The van der Waals surface area contributed by atoms with Gasteiger partial charge in [0.25, 0.3) is 5.78 Å². The molecule has 0 saturated heterocycles. The van der Waals surface area contributed by atoms with Crippen LogP contribution in [-0.2, 0) is 14.3 Å². The predicted octanol–water partition coefficient (Wildman–Crippen LogP) is 5.16. The van der Waals surface area contributed by atoms with Gasteiger partial charge in [0.15, 0.2) is 0 Å². The first kappa shape index (κ1) is 23.7. The van der Waals surface area contributed by atoms with Gasteiger partial charge in [-0.05, 0) is 63.2 Å². The number of ether oxygens (including phenoxy) is 2. The summed E-state index contributed by atoms with van der Waals surface area (Å²) < 4.78 is 17.4. The quantitative estimate of drug-likeness (QED) is 0.286. The highest BCUT2D eigenvalue weighted by Crippen LogP contribution is 2.38. The zero-order valence-electron chi connectivity index (χ0n) is 19.2. The lowest BCUT2D eigenvalue weighted by molar-refractivity contribution is -0.135. The van der Waals surface area contributed by atoms with Gasteiger partial charge in [0.05, 0.1) is 12.6 Å². The molecule has 0 aliphatic carbocycles. The number of carbonyl (C=O) groups excluding carboxylic acids is 3. The van der Waals surface area contributed by atoms with Crippen molar-refractivity contribution in [3.63, 3.8) is 0 Å². The van der Waals surface area contributed by atoms with Crippen LogP contribution in [0.4, 0.5) is 4.79 Å². The van der Waals surface area contributed by atoms with Crippen molar-refractivity contribution >= 4 is 37.1 Å². The first-order valence-corrected chi connectivity index (χ1v) is 12.7. The van der Waals surface area contributed by atoms with Crippen molar-refractivity contribution in [3.05, 3.63) is 30.0 Å². The van der Waals surface area contributed by atoms with Crippen molar-refractivity contribution in [2.24, 2.45) is 0 Å². The molecule has 0 saturated carbocycles. The molecule has 0 spiro atoms. The van der Waals surface area contributed by atoms with Crippen molar-refractivity contribution in [1.82, 2.24) is 4.57 Å². The first-order valence-electron chi connectivity index (χ1n) is 9.78. The molecule has 1 aromatic carbocycles. The molecule has 0 fully saturated rings. The number of ketones is 1. The number of nitrogens with zero attached hydrogens (tertiary/aromatic N) is 1. The summed E-state index contributed by atoms with van der Waals surface area (Å²) >= 11 is 0. The monoisotopic (exact) mass is 433 g/mol. The molecule has 2 aromatic rings. The highest BCUT2D eigenvalue weighted by Gasteiger charge is 2.39. The predicted molar refractivity (Wildman–Crippen MR) is 118 cm³/mol. The fraction of sp³-hybridized carbons (Fsp3) is 0.500. The number of hydrogen-bond donors (Lipinski definition) is 0. The third-order valence-electron chi connectivity index (χ3n) is 5.13. The summed E-state index contributed by atoms with van der Waals surface area (Å²) in [5.41, 5.74) is -0.445. The fourth-order valence-electron chi connectivity index (χ4n) is 2.57. The van der Waals surface area contributed by atoms with Crippen LogP contribution in [0.5, 0.6) is 5.75 Å². The van der Waals surface area contributed by atoms with Crippen LogP contribution in [0.25, 0.3) is 10.9 Å². The maximum Gasteiger partial charge on any atom is 0.419 e. The number of fused-ring (bicyclic) bond motifs is 1. The largest absolute Gasteiger partial charge is 0.543 e. The van der Waals surface area contributed by atoms with E-state index in [-0.39, 0.29) is 10.7 Å². The SMILES string of the molecule is COC(=O)C(=O)c1cc2cc(O[Si](C)(C)C(C)(C)C)ccc2n1C(=O)OC(C)(C)C. The molecule has 164 valence electrons. The Kier molecular flexibility index (Phi) is 6.23. The summed E-state index contributed by atoms with van der Waals surface area (Å²) in [6.45, 7) is 15.9. The van der Waals surface area contributed by atoms with Crippen LogP contribution in [0.1, 0.15) is 52.0 Å². The fourth-order valence-corrected chi connectivity index (χ4v) is 3.60. The van der Waals surface area contributed by atoms with Crippen molar-refractivity contribution in [3.8, 4) is 5.75 Å². The van der Waals surface area contributed by atoms with Crippen LogP contribution in [-0.4, -0.2) is 43.4 Å². The lowest BCUT2D eigenvalue weighted by Crippen LogP contribution is -2.43. The molecule has 0 N–H and O–H groups in total. The van der Waals surface area contributed by atoms with Gasteiger partial charge in [0, 0.05) is 5.39 Å². The number of carbonyl (C=O) groups is 3. The second kappa shape index (κ2) is 7.90. The van der Waals surface area contributed by atoms with E-state index < -0.39 is 31.8 Å². The molecule has 0 aliphatic rings. The van der Waals surface area contributed by atoms with Gasteiger partial charge in [-0.15, -0.1) is 0 Å². The normalized spacial score (nSPS) is 12.6. The number of methoxy groups -OCH3 is 1. The van der Waals surface area contributed by atoms with Crippen molar-refractivity contribution in [1.29, 1.82) is 0 Å². The Morgan fingerprint density at radius 1 is 0.967 bits per heavy atom. The van der Waals surface area contributed by atoms with Gasteiger partial charge in [0.2, 0.25) is 8.32 Å². The molecule has 7 nitrogen and oxygen atoms in total. The number of Topliss-reactive ketones (excluding diaryl/α,β-unsaturated/α-hetero) is 1. The molecular formula is C22H31NO6Si. The topological polar surface area (TPSA) is 83.8 Å². The number of hydrogen-bond acceptors (Lipinski definition) is 6. The smallest absolute Gasteiger partial charge is 0.419 e. The number of aromatic nitrogens is 1. The minimum atomic E-state index is -2.08. The molecule has 0 atom stereocenters. The van der Waals surface area contributed by atoms with Crippen LogP contribution >= 0.6 is 0 Å². The van der Waals surface area contributed by atoms with Crippen LogP contribution in [0.15, 0.2) is 24.3 Å². The third-order valence-corrected chi connectivity index (χ3v) is 9.49. The van der Waals surface area contributed by atoms with E-state index in [4.69, 9.17) is 9.16 Å². The Hall–Kier alpha value is -2.61. The summed E-state index contributed by atoms with van der Waals surface area (Å²) in [6.07, 6.45) is -0.747. The van der Waals surface area contributed by atoms with Gasteiger partial charge in [-0.25, -0.2) is 14.2 Å². The Morgan fingerprint density at radius 3 is 2.07 bits per heavy atom. The Bertz CT molecular complexity index is 991. The van der Waals surface area contributed by atoms with Crippen LogP contribution in [0.3, 0.4) is 0 Å². The third kappa shape index (κ3) is 4.92. The molecule has 0 bridgehead atoms. The molecule has 0 aliphatic heterocycles. The van der Waals surface area contributed by atoms with Gasteiger partial charge in [0.1, 0.15) is 17.0 Å². The van der Waals surface area contributed by atoms with Crippen LogP contribution in [0, 0.1) is 0 Å². The number of rotatable bonds is 4. The highest BCUT2D eigenvalue weighted by atomic mass is 28.4. The minimum absolute atomic E-state index is 0.0103. The average Bonchev–Trinajstić information content (AvgIpc) is 2.96. The summed E-state index contributed by atoms with van der Waals surface area (Å²) in [5, 5.41) is 0.598. The summed E-state index contributed by atoms with van der Waals surface area (Å²) in [7, 11) is -0.962. The lowest BCUT2D eigenvalue weighted by Gasteiger charge is -2.36. The Labute approximate surface area is 178 Å². The van der Waals surface area contributed by atoms with Gasteiger partial charge >= 0.3 is 12.1 Å². The number of benzene rings is 1. The van der Waals surface area contributed by atoms with E-state index in [0.717, 1.165) is 11.7 Å². The molecule has 1 aromatic heterocycles. The zero-order chi connectivity index (χ0) is 23.1. The van der Waals surface area contributed by atoms with E-state index in [9.17, 15) is 14.4 Å². The molecule has 0 amide bonds. The standard InChI is InChI=1S/C22H31NO6Si/c1-21(2,3)28-20(26)23-16-11-10-15(29-30(8,9)22(4,5)6)12-14(16)13-17(23)18(24)19(25)27-7/h10-13H,1-9H3. The Morgan fingerprint density at radius 2 is 1.57 bits per heavy atom. The molecule has 1 heterocycles. The summed E-state index contributed by atoms with van der Waals surface area (Å²) in [5.74, 6) is -1.33. The van der Waals surface area contributed by atoms with Gasteiger partial charge < -0.3 is 13.9 Å². The van der Waals surface area contributed by atoms with Crippen LogP contribution in [0.2, 0.25) is 18.1 Å². The van der Waals surface area contributed by atoms with Gasteiger partial charge in [-0.3, -0.25) is 4.79 Å². The van der Waals surface area contributed by atoms with Crippen molar-refractivity contribution in [2.75, 3.05) is 7.11 Å². The average molecular weight is 434 g/mol. The molecule has 0 unspecified atom stereocenters. The van der Waals surface area contributed by atoms with E-state index in [1.807, 2.05) is 0 Å². The maximum absolute atomic E-state index is 12.8. The highest BCUT2D eigenvalue weighted by molar-refractivity contribution is 6.74. The van der Waals surface area contributed by atoms with E-state index in [0.29, 0.717) is 16.7 Å².